The first kappa shape index (κ1) is 9.81. The molecule has 0 amide bonds. The third-order valence-electron chi connectivity index (χ3n) is 2.95. The summed E-state index contributed by atoms with van der Waals surface area (Å²) in [5.41, 5.74) is 2.46. The number of fused-ring (bicyclic) bond motifs is 3. The SMILES string of the molecule is COc1c(O)c2c(c3c[c][nH]c13)CC(=C=O)N2. The largest absolute Gasteiger partial charge is 0.503 e. The number of hydrogen-bond acceptors (Lipinski definition) is 4. The van der Waals surface area contributed by atoms with Gasteiger partial charge >= 0.3 is 0 Å². The van der Waals surface area contributed by atoms with E-state index in [0.717, 1.165) is 10.9 Å². The van der Waals surface area contributed by atoms with Crippen LogP contribution < -0.4 is 10.1 Å². The molecule has 3 N–H and O–H groups in total. The minimum Gasteiger partial charge on any atom is -0.503 e. The molecule has 1 aliphatic rings. The second kappa shape index (κ2) is 3.30. The molecule has 2 aromatic rings. The van der Waals surface area contributed by atoms with E-state index in [1.54, 1.807) is 6.07 Å². The summed E-state index contributed by atoms with van der Waals surface area (Å²) in [6.45, 7) is 0. The average Bonchev–Trinajstić information content (AvgIpc) is 2.94. The number of phenols is 1. The van der Waals surface area contributed by atoms with Gasteiger partial charge in [-0.3, -0.25) is 0 Å². The summed E-state index contributed by atoms with van der Waals surface area (Å²) < 4.78 is 5.16. The Hall–Kier alpha value is -2.39. The van der Waals surface area contributed by atoms with Crippen molar-refractivity contribution < 1.29 is 14.6 Å². The first-order chi connectivity index (χ1) is 8.26. The number of nitrogens with one attached hydrogen (secondary N) is 2. The topological polar surface area (TPSA) is 74.3 Å². The lowest BCUT2D eigenvalue weighted by molar-refractivity contribution is 0.378. The second-order valence-corrected chi connectivity index (χ2v) is 3.82. The zero-order valence-corrected chi connectivity index (χ0v) is 9.05. The number of anilines is 1. The number of aromatic hydroxyl groups is 1. The van der Waals surface area contributed by atoms with Crippen molar-refractivity contribution in [2.24, 2.45) is 0 Å². The summed E-state index contributed by atoms with van der Waals surface area (Å²) in [4.78, 5) is 13.6. The average molecular weight is 229 g/mol. The summed E-state index contributed by atoms with van der Waals surface area (Å²) in [6, 6.07) is 1.77. The molecule has 0 atom stereocenters. The molecule has 1 aromatic heterocycles. The van der Waals surface area contributed by atoms with Crippen LogP contribution in [0, 0.1) is 6.20 Å². The number of aromatic nitrogens is 1. The van der Waals surface area contributed by atoms with Gasteiger partial charge < -0.3 is 20.1 Å². The maximum atomic E-state index is 10.7. The molecular formula is C12H9N2O3. The number of phenolic OH excluding ortho intramolecular Hbond substituents is 1. The fourth-order valence-electron chi connectivity index (χ4n) is 2.20. The number of allylic oxidation sites excluding steroid dienone is 1. The fraction of sp³-hybridized carbons (Fsp3) is 0.167. The highest BCUT2D eigenvalue weighted by Crippen LogP contribution is 2.47. The van der Waals surface area contributed by atoms with Crippen LogP contribution in [0.2, 0.25) is 0 Å². The minimum absolute atomic E-state index is 0.00361. The molecule has 0 unspecified atom stereocenters. The van der Waals surface area contributed by atoms with Crippen molar-refractivity contribution in [1.29, 1.82) is 0 Å². The summed E-state index contributed by atoms with van der Waals surface area (Å²) in [6.07, 6.45) is 3.28. The molecule has 0 saturated carbocycles. The predicted molar refractivity (Wildman–Crippen MR) is 61.9 cm³/mol. The van der Waals surface area contributed by atoms with Gasteiger partial charge in [0.2, 0.25) is 0 Å². The Labute approximate surface area is 96.7 Å². The number of carbonyl (C=O) groups excluding carboxylic acids is 1. The molecule has 3 rings (SSSR count). The van der Waals surface area contributed by atoms with Gasteiger partial charge in [0.1, 0.15) is 11.6 Å². The van der Waals surface area contributed by atoms with Gasteiger partial charge in [0.25, 0.3) is 0 Å². The van der Waals surface area contributed by atoms with Crippen LogP contribution in [0.1, 0.15) is 5.56 Å². The first-order valence-electron chi connectivity index (χ1n) is 5.07. The molecular weight excluding hydrogens is 220 g/mol. The summed E-state index contributed by atoms with van der Waals surface area (Å²) in [5, 5.41) is 13.8. The van der Waals surface area contributed by atoms with Crippen molar-refractivity contribution in [3.63, 3.8) is 0 Å². The summed E-state index contributed by atoms with van der Waals surface area (Å²) in [7, 11) is 1.48. The van der Waals surface area contributed by atoms with Gasteiger partial charge in [-0.2, -0.15) is 0 Å². The predicted octanol–water partition coefficient (Wildman–Crippen LogP) is 1.37. The number of methoxy groups -OCH3 is 1. The highest BCUT2D eigenvalue weighted by atomic mass is 16.5. The Bertz CT molecular complexity index is 666. The standard InChI is InChI=1S/C12H9N2O3/c1-17-12-10-7(2-3-13-10)8-4-6(5-15)14-9(8)11(12)16/h2,13-14,16H,4H2,1H3. The van der Waals surface area contributed by atoms with Gasteiger partial charge in [0.05, 0.1) is 24.5 Å². The van der Waals surface area contributed by atoms with Gasteiger partial charge in [0, 0.05) is 11.8 Å². The van der Waals surface area contributed by atoms with E-state index in [1.165, 1.54) is 7.11 Å². The van der Waals surface area contributed by atoms with E-state index < -0.39 is 0 Å². The van der Waals surface area contributed by atoms with Crippen molar-refractivity contribution in [2.75, 3.05) is 12.4 Å². The first-order valence-corrected chi connectivity index (χ1v) is 5.07. The second-order valence-electron chi connectivity index (χ2n) is 3.82. The maximum Gasteiger partial charge on any atom is 0.186 e. The van der Waals surface area contributed by atoms with Crippen LogP contribution in [-0.2, 0) is 11.2 Å². The molecule has 0 saturated heterocycles. The van der Waals surface area contributed by atoms with Gasteiger partial charge in [-0.25, -0.2) is 4.79 Å². The van der Waals surface area contributed by atoms with E-state index in [1.807, 2.05) is 5.94 Å². The maximum absolute atomic E-state index is 10.7. The smallest absolute Gasteiger partial charge is 0.186 e. The van der Waals surface area contributed by atoms with E-state index in [-0.39, 0.29) is 5.75 Å². The number of rotatable bonds is 1. The van der Waals surface area contributed by atoms with Crippen LogP contribution in [0.15, 0.2) is 11.8 Å². The van der Waals surface area contributed by atoms with Crippen LogP contribution in [0.25, 0.3) is 10.9 Å². The van der Waals surface area contributed by atoms with E-state index >= 15 is 0 Å². The van der Waals surface area contributed by atoms with Crippen molar-refractivity contribution in [2.45, 2.75) is 6.42 Å². The van der Waals surface area contributed by atoms with E-state index in [4.69, 9.17) is 4.74 Å². The lowest BCUT2D eigenvalue weighted by Gasteiger charge is -2.10. The van der Waals surface area contributed by atoms with Gasteiger partial charge in [0.15, 0.2) is 11.5 Å². The zero-order chi connectivity index (χ0) is 12.0. The summed E-state index contributed by atoms with van der Waals surface area (Å²) >= 11 is 0. The molecule has 17 heavy (non-hydrogen) atoms. The zero-order valence-electron chi connectivity index (χ0n) is 9.05. The molecule has 1 radical (unpaired) electrons. The van der Waals surface area contributed by atoms with Crippen molar-refractivity contribution >= 4 is 22.5 Å². The molecule has 5 nitrogen and oxygen atoms in total. The Kier molecular flexibility index (Phi) is 1.90. The normalized spacial score (nSPS) is 13.4. The molecule has 0 aliphatic carbocycles. The number of ether oxygens (including phenoxy) is 1. The third kappa shape index (κ3) is 1.17. The highest BCUT2D eigenvalue weighted by Gasteiger charge is 2.26. The Morgan fingerprint density at radius 2 is 2.41 bits per heavy atom. The van der Waals surface area contributed by atoms with Crippen LogP contribution >= 0.6 is 0 Å². The van der Waals surface area contributed by atoms with Crippen LogP contribution in [0.4, 0.5) is 5.69 Å². The molecule has 0 fully saturated rings. The van der Waals surface area contributed by atoms with Crippen molar-refractivity contribution in [3.05, 3.63) is 23.5 Å². The molecule has 5 heteroatoms. The van der Waals surface area contributed by atoms with Crippen molar-refractivity contribution in [1.82, 2.24) is 4.98 Å². The molecule has 0 bridgehead atoms. The Balaban J connectivity index is 2.41. The van der Waals surface area contributed by atoms with Crippen LogP contribution in [0.3, 0.4) is 0 Å². The molecule has 2 heterocycles. The number of H-pyrrole nitrogens is 1. The van der Waals surface area contributed by atoms with E-state index in [9.17, 15) is 9.90 Å². The van der Waals surface area contributed by atoms with Gasteiger partial charge in [-0.1, -0.05) is 0 Å². The van der Waals surface area contributed by atoms with E-state index in [0.29, 0.717) is 29.1 Å². The Morgan fingerprint density at radius 3 is 3.12 bits per heavy atom. The quantitative estimate of drug-likeness (QED) is 0.510. The molecule has 0 spiro atoms. The lowest BCUT2D eigenvalue weighted by atomic mass is 10.1. The molecule has 1 aromatic carbocycles. The van der Waals surface area contributed by atoms with Gasteiger partial charge in [-0.15, -0.1) is 0 Å². The van der Waals surface area contributed by atoms with Gasteiger partial charge in [-0.05, 0) is 11.6 Å². The monoisotopic (exact) mass is 229 g/mol. The Morgan fingerprint density at radius 1 is 1.59 bits per heavy atom. The van der Waals surface area contributed by atoms with E-state index in [2.05, 4.69) is 16.5 Å². The van der Waals surface area contributed by atoms with Crippen molar-refractivity contribution in [3.8, 4) is 11.5 Å². The number of aromatic amines is 1. The third-order valence-corrected chi connectivity index (χ3v) is 2.95. The minimum atomic E-state index is -0.00361. The molecule has 1 aliphatic heterocycles. The van der Waals surface area contributed by atoms with Crippen LogP contribution in [-0.4, -0.2) is 23.1 Å². The number of hydrogen-bond donors (Lipinski definition) is 3. The number of benzene rings is 1. The lowest BCUT2D eigenvalue weighted by Crippen LogP contribution is -1.93. The van der Waals surface area contributed by atoms with Crippen LogP contribution in [0.5, 0.6) is 11.5 Å². The fourth-order valence-corrected chi connectivity index (χ4v) is 2.20. The molecule has 85 valence electrons. The summed E-state index contributed by atoms with van der Waals surface area (Å²) in [5.74, 6) is 2.16. The highest BCUT2D eigenvalue weighted by molar-refractivity contribution is 5.99.